The Bertz CT molecular complexity index is 164. The highest BCUT2D eigenvalue weighted by atomic mass is 16.6. The van der Waals surface area contributed by atoms with Gasteiger partial charge in [-0.3, -0.25) is 0 Å². The minimum Gasteiger partial charge on any atom is -0.412 e. The van der Waals surface area contributed by atoms with Gasteiger partial charge in [-0.05, 0) is 12.3 Å². The molecule has 1 saturated heterocycles. The highest BCUT2D eigenvalue weighted by Crippen LogP contribution is 2.34. The first-order valence-electron chi connectivity index (χ1n) is 5.36. The molecule has 3 heteroatoms. The lowest BCUT2D eigenvalue weighted by Crippen LogP contribution is -2.18. The highest BCUT2D eigenvalue weighted by molar-refractivity contribution is 5.66. The van der Waals surface area contributed by atoms with Crippen LogP contribution in [0.4, 0.5) is 0 Å². The lowest BCUT2D eigenvalue weighted by Gasteiger charge is -2.15. The lowest BCUT2D eigenvalue weighted by molar-refractivity contribution is -0.112. The van der Waals surface area contributed by atoms with Gasteiger partial charge >= 0.3 is 0 Å². The number of hydrogen-bond donors (Lipinski definition) is 0. The van der Waals surface area contributed by atoms with Crippen LogP contribution >= 0.6 is 0 Å². The van der Waals surface area contributed by atoms with Gasteiger partial charge in [0.25, 0.3) is 0 Å². The second kappa shape index (κ2) is 6.14. The van der Waals surface area contributed by atoms with E-state index in [-0.39, 0.29) is 11.1 Å². The molecule has 0 aromatic carbocycles. The Labute approximate surface area is 86.1 Å². The van der Waals surface area contributed by atoms with Crippen molar-refractivity contribution in [2.24, 2.45) is 5.92 Å². The van der Waals surface area contributed by atoms with Gasteiger partial charge in [0.1, 0.15) is 5.60 Å². The molecule has 0 radical (unpaired) electrons. The molecule has 0 aromatic rings. The zero-order valence-corrected chi connectivity index (χ0v) is 9.21. The molecular weight excluding hydrogens is 180 g/mol. The van der Waals surface area contributed by atoms with E-state index in [2.05, 4.69) is 13.8 Å². The zero-order chi connectivity index (χ0) is 9.73. The zero-order valence-electron chi connectivity index (χ0n) is 9.21. The lowest BCUT2D eigenvalue weighted by atomic mass is 9.89. The minimum absolute atomic E-state index is 0. The van der Waals surface area contributed by atoms with Crippen molar-refractivity contribution < 1.29 is 15.0 Å². The van der Waals surface area contributed by atoms with Gasteiger partial charge < -0.3 is 15.0 Å². The van der Waals surface area contributed by atoms with E-state index >= 15 is 0 Å². The Morgan fingerprint density at radius 2 is 2.14 bits per heavy atom. The monoisotopic (exact) mass is 202 g/mol. The molecule has 1 heterocycles. The third-order valence-electron chi connectivity index (χ3n) is 2.91. The molecule has 0 aromatic heterocycles. The first-order chi connectivity index (χ1) is 6.26. The van der Waals surface area contributed by atoms with E-state index < -0.39 is 0 Å². The topological polar surface area (TPSA) is 61.1 Å². The summed E-state index contributed by atoms with van der Waals surface area (Å²) < 4.78 is 5.19. The molecule has 2 N–H and O–H groups in total. The summed E-state index contributed by atoms with van der Waals surface area (Å²) in [6.07, 6.45) is 6.85. The van der Waals surface area contributed by atoms with E-state index in [0.717, 1.165) is 12.7 Å². The van der Waals surface area contributed by atoms with Gasteiger partial charge in [0.15, 0.2) is 6.29 Å². The summed E-state index contributed by atoms with van der Waals surface area (Å²) >= 11 is 0. The summed E-state index contributed by atoms with van der Waals surface area (Å²) in [4.78, 5) is 10.7. The van der Waals surface area contributed by atoms with Gasteiger partial charge in [0.05, 0.1) is 6.61 Å². The van der Waals surface area contributed by atoms with Gasteiger partial charge in [0.2, 0.25) is 0 Å². The maximum absolute atomic E-state index is 10.7. The Balaban J connectivity index is 0.00000169. The van der Waals surface area contributed by atoms with E-state index in [1.54, 1.807) is 0 Å². The van der Waals surface area contributed by atoms with Crippen molar-refractivity contribution in [2.75, 3.05) is 6.61 Å². The van der Waals surface area contributed by atoms with E-state index in [1.165, 1.54) is 25.7 Å². The fraction of sp³-hybridized carbons (Fsp3) is 0.909. The van der Waals surface area contributed by atoms with Crippen molar-refractivity contribution in [3.63, 3.8) is 0 Å². The molecule has 2 atom stereocenters. The largest absolute Gasteiger partial charge is 0.412 e. The molecule has 84 valence electrons. The molecule has 0 aliphatic carbocycles. The maximum Gasteiger partial charge on any atom is 0.154 e. The van der Waals surface area contributed by atoms with Crippen molar-refractivity contribution in [3.8, 4) is 0 Å². The molecule has 0 bridgehead atoms. The smallest absolute Gasteiger partial charge is 0.154 e. The maximum atomic E-state index is 10.7. The Kier molecular flexibility index (Phi) is 5.96. The average molecular weight is 202 g/mol. The molecule has 2 unspecified atom stereocenters. The Morgan fingerprint density at radius 1 is 1.50 bits per heavy atom. The third kappa shape index (κ3) is 3.76. The van der Waals surface area contributed by atoms with Crippen molar-refractivity contribution >= 4 is 6.29 Å². The third-order valence-corrected chi connectivity index (χ3v) is 2.91. The Morgan fingerprint density at radius 3 is 2.50 bits per heavy atom. The van der Waals surface area contributed by atoms with Gasteiger partial charge in [-0.2, -0.15) is 0 Å². The van der Waals surface area contributed by atoms with Gasteiger partial charge in [-0.15, -0.1) is 0 Å². The average Bonchev–Trinajstić information content (AvgIpc) is 2.93. The summed E-state index contributed by atoms with van der Waals surface area (Å²) in [5, 5.41) is 0. The first-order valence-corrected chi connectivity index (χ1v) is 5.36. The number of epoxide rings is 1. The van der Waals surface area contributed by atoms with Crippen LogP contribution < -0.4 is 0 Å². The van der Waals surface area contributed by atoms with Crippen molar-refractivity contribution in [2.45, 2.75) is 51.6 Å². The van der Waals surface area contributed by atoms with Crippen molar-refractivity contribution in [1.29, 1.82) is 0 Å². The number of carbonyl (C=O) groups is 1. The fourth-order valence-electron chi connectivity index (χ4n) is 1.76. The Hall–Kier alpha value is -0.410. The van der Waals surface area contributed by atoms with Crippen LogP contribution in [0.2, 0.25) is 0 Å². The van der Waals surface area contributed by atoms with Crippen LogP contribution in [0, 0.1) is 5.92 Å². The van der Waals surface area contributed by atoms with Crippen LogP contribution in [0.25, 0.3) is 0 Å². The van der Waals surface area contributed by atoms with Gasteiger partial charge in [-0.25, -0.2) is 0 Å². The fourth-order valence-corrected chi connectivity index (χ4v) is 1.76. The van der Waals surface area contributed by atoms with E-state index in [0.29, 0.717) is 12.5 Å². The van der Waals surface area contributed by atoms with Gasteiger partial charge in [0, 0.05) is 0 Å². The SMILES string of the molecule is CCCCC(CC)CC1(C=O)CO1.O. The highest BCUT2D eigenvalue weighted by Gasteiger charge is 2.45. The van der Waals surface area contributed by atoms with Crippen molar-refractivity contribution in [3.05, 3.63) is 0 Å². The normalized spacial score (nSPS) is 26.4. The molecule has 1 rings (SSSR count). The molecular formula is C11H22O3. The number of hydrogen-bond acceptors (Lipinski definition) is 2. The molecule has 1 aliphatic rings. The summed E-state index contributed by atoms with van der Waals surface area (Å²) in [5.74, 6) is 0.674. The number of unbranched alkanes of at least 4 members (excludes halogenated alkanes) is 1. The summed E-state index contributed by atoms with van der Waals surface area (Å²) in [6, 6.07) is 0. The van der Waals surface area contributed by atoms with E-state index in [1.807, 2.05) is 0 Å². The van der Waals surface area contributed by atoms with Crippen LogP contribution in [0.1, 0.15) is 46.0 Å². The predicted octanol–water partition coefficient (Wildman–Crippen LogP) is 1.74. The van der Waals surface area contributed by atoms with Crippen LogP contribution in [-0.2, 0) is 9.53 Å². The molecule has 0 saturated carbocycles. The van der Waals surface area contributed by atoms with E-state index in [9.17, 15) is 4.79 Å². The van der Waals surface area contributed by atoms with Crippen LogP contribution in [0.15, 0.2) is 0 Å². The summed E-state index contributed by atoms with van der Waals surface area (Å²) in [6.45, 7) is 5.05. The minimum atomic E-state index is -0.367. The number of ether oxygens (including phenoxy) is 1. The summed E-state index contributed by atoms with van der Waals surface area (Å²) in [5.41, 5.74) is -0.367. The summed E-state index contributed by atoms with van der Waals surface area (Å²) in [7, 11) is 0. The number of rotatable bonds is 7. The quantitative estimate of drug-likeness (QED) is 0.466. The van der Waals surface area contributed by atoms with Crippen LogP contribution in [0.3, 0.4) is 0 Å². The van der Waals surface area contributed by atoms with E-state index in [4.69, 9.17) is 4.74 Å². The number of carbonyl (C=O) groups excluding carboxylic acids is 1. The molecule has 14 heavy (non-hydrogen) atoms. The molecule has 0 amide bonds. The predicted molar refractivity (Wildman–Crippen MR) is 56.3 cm³/mol. The second-order valence-electron chi connectivity index (χ2n) is 4.09. The standard InChI is InChI=1S/C11H20O2.H2O/c1-3-5-6-10(4-2)7-11(8-12)9-13-11;/h8,10H,3-7,9H2,1-2H3;1H2. The van der Waals surface area contributed by atoms with Crippen molar-refractivity contribution in [1.82, 2.24) is 0 Å². The van der Waals surface area contributed by atoms with Crippen LogP contribution in [0.5, 0.6) is 0 Å². The molecule has 1 fully saturated rings. The second-order valence-corrected chi connectivity index (χ2v) is 4.09. The van der Waals surface area contributed by atoms with Crippen LogP contribution in [-0.4, -0.2) is 24.0 Å². The molecule has 0 spiro atoms. The number of aldehydes is 1. The van der Waals surface area contributed by atoms with Gasteiger partial charge in [-0.1, -0.05) is 39.5 Å². The molecule has 3 nitrogen and oxygen atoms in total. The molecule has 1 aliphatic heterocycles. The first kappa shape index (κ1) is 13.6.